The van der Waals surface area contributed by atoms with Crippen molar-refractivity contribution in [1.29, 1.82) is 0 Å². The molecule has 0 aromatic heterocycles. The van der Waals surface area contributed by atoms with Gasteiger partial charge in [-0.3, -0.25) is 0 Å². The first-order chi connectivity index (χ1) is 11.3. The van der Waals surface area contributed by atoms with Crippen LogP contribution in [0.5, 0.6) is 0 Å². The van der Waals surface area contributed by atoms with Gasteiger partial charge in [0.05, 0.1) is 0 Å². The number of hydrogen-bond acceptors (Lipinski definition) is 0. The Morgan fingerprint density at radius 1 is 0.435 bits per heavy atom. The van der Waals surface area contributed by atoms with Crippen LogP contribution in [0.3, 0.4) is 0 Å². The Morgan fingerprint density at radius 2 is 0.783 bits per heavy atom. The van der Waals surface area contributed by atoms with Crippen LogP contribution in [0.4, 0.5) is 0 Å². The van der Waals surface area contributed by atoms with Crippen molar-refractivity contribution >= 4 is 32.3 Å². The SMILES string of the molecule is CC.CC.Cc1ccc2c3ccccc3c3ccccc3c2c1. The van der Waals surface area contributed by atoms with E-state index >= 15 is 0 Å². The van der Waals surface area contributed by atoms with E-state index in [2.05, 4.69) is 73.7 Å². The third-order valence-corrected chi connectivity index (χ3v) is 3.90. The fourth-order valence-electron chi connectivity index (χ4n) is 3.02. The van der Waals surface area contributed by atoms with Gasteiger partial charge in [-0.05, 0) is 39.2 Å². The summed E-state index contributed by atoms with van der Waals surface area (Å²) in [7, 11) is 0. The maximum Gasteiger partial charge on any atom is -0.00963 e. The van der Waals surface area contributed by atoms with Crippen molar-refractivity contribution in [2.24, 2.45) is 0 Å². The van der Waals surface area contributed by atoms with Gasteiger partial charge in [0.15, 0.2) is 0 Å². The van der Waals surface area contributed by atoms with E-state index < -0.39 is 0 Å². The van der Waals surface area contributed by atoms with Gasteiger partial charge >= 0.3 is 0 Å². The van der Waals surface area contributed by atoms with E-state index in [1.165, 1.54) is 37.9 Å². The van der Waals surface area contributed by atoms with Crippen LogP contribution in [0.1, 0.15) is 33.3 Å². The summed E-state index contributed by atoms with van der Waals surface area (Å²) in [5.41, 5.74) is 1.31. The summed E-state index contributed by atoms with van der Waals surface area (Å²) in [5.74, 6) is 0. The number of rotatable bonds is 0. The Morgan fingerprint density at radius 3 is 1.22 bits per heavy atom. The molecule has 0 N–H and O–H groups in total. The molecule has 0 heteroatoms. The van der Waals surface area contributed by atoms with Crippen molar-refractivity contribution in [1.82, 2.24) is 0 Å². The Kier molecular flexibility index (Phi) is 5.76. The summed E-state index contributed by atoms with van der Waals surface area (Å²) < 4.78 is 0. The van der Waals surface area contributed by atoms with Gasteiger partial charge in [-0.25, -0.2) is 0 Å². The lowest BCUT2D eigenvalue weighted by molar-refractivity contribution is 1.50. The third kappa shape index (κ3) is 3.07. The number of aryl methyl sites for hydroxylation is 1. The molecule has 0 nitrogen and oxygen atoms in total. The molecule has 0 aliphatic rings. The average molecular weight is 302 g/mol. The van der Waals surface area contributed by atoms with E-state index in [0.29, 0.717) is 0 Å². The molecule has 0 spiro atoms. The fraction of sp³-hybridized carbons (Fsp3) is 0.217. The van der Waals surface area contributed by atoms with Crippen LogP contribution in [0.15, 0.2) is 66.7 Å². The smallest absolute Gasteiger partial charge is 0.00963 e. The van der Waals surface area contributed by atoms with Crippen molar-refractivity contribution in [2.45, 2.75) is 34.6 Å². The minimum absolute atomic E-state index is 1.31. The molecule has 4 aromatic carbocycles. The molecule has 0 saturated carbocycles. The summed E-state index contributed by atoms with van der Waals surface area (Å²) in [4.78, 5) is 0. The topological polar surface area (TPSA) is 0 Å². The second kappa shape index (κ2) is 7.78. The fourth-order valence-corrected chi connectivity index (χ4v) is 3.02. The third-order valence-electron chi connectivity index (χ3n) is 3.90. The molecule has 118 valence electrons. The predicted octanol–water partition coefficient (Wildman–Crippen LogP) is 7.51. The van der Waals surface area contributed by atoms with E-state index in [9.17, 15) is 0 Å². The van der Waals surface area contributed by atoms with Gasteiger partial charge in [-0.2, -0.15) is 0 Å². The Hall–Kier alpha value is -2.34. The molecular formula is C23H26. The number of fused-ring (bicyclic) bond motifs is 6. The van der Waals surface area contributed by atoms with Crippen LogP contribution in [0.2, 0.25) is 0 Å². The summed E-state index contributed by atoms with van der Waals surface area (Å²) in [6.45, 7) is 10.2. The van der Waals surface area contributed by atoms with E-state index in [-0.39, 0.29) is 0 Å². The van der Waals surface area contributed by atoms with Gasteiger partial charge in [0, 0.05) is 0 Å². The highest BCUT2D eigenvalue weighted by molar-refractivity contribution is 6.25. The highest BCUT2D eigenvalue weighted by atomic mass is 14.1. The maximum absolute atomic E-state index is 2.30. The Balaban J connectivity index is 0.000000448. The highest BCUT2D eigenvalue weighted by Crippen LogP contribution is 2.34. The van der Waals surface area contributed by atoms with Gasteiger partial charge in [-0.15, -0.1) is 0 Å². The van der Waals surface area contributed by atoms with E-state index in [1.807, 2.05) is 27.7 Å². The zero-order valence-corrected chi connectivity index (χ0v) is 14.9. The Labute approximate surface area is 139 Å². The quantitative estimate of drug-likeness (QED) is 0.295. The molecule has 0 bridgehead atoms. The molecular weight excluding hydrogens is 276 g/mol. The van der Waals surface area contributed by atoms with Crippen molar-refractivity contribution in [3.63, 3.8) is 0 Å². The molecule has 4 rings (SSSR count). The average Bonchev–Trinajstić information content (AvgIpc) is 2.65. The van der Waals surface area contributed by atoms with E-state index in [0.717, 1.165) is 0 Å². The van der Waals surface area contributed by atoms with Crippen LogP contribution >= 0.6 is 0 Å². The summed E-state index contributed by atoms with van der Waals surface area (Å²) >= 11 is 0. The van der Waals surface area contributed by atoms with E-state index in [4.69, 9.17) is 0 Å². The molecule has 0 fully saturated rings. The first-order valence-corrected chi connectivity index (χ1v) is 8.64. The van der Waals surface area contributed by atoms with E-state index in [1.54, 1.807) is 0 Å². The molecule has 0 radical (unpaired) electrons. The van der Waals surface area contributed by atoms with Gasteiger partial charge in [0.2, 0.25) is 0 Å². The number of hydrogen-bond donors (Lipinski definition) is 0. The van der Waals surface area contributed by atoms with Crippen molar-refractivity contribution in [3.05, 3.63) is 72.3 Å². The lowest BCUT2D eigenvalue weighted by atomic mass is 9.93. The van der Waals surface area contributed by atoms with Gasteiger partial charge in [0.1, 0.15) is 0 Å². The predicted molar refractivity (Wildman–Crippen MR) is 106 cm³/mol. The minimum Gasteiger partial charge on any atom is -0.0683 e. The number of benzene rings is 4. The first-order valence-electron chi connectivity index (χ1n) is 8.64. The van der Waals surface area contributed by atoms with Crippen molar-refractivity contribution < 1.29 is 0 Å². The van der Waals surface area contributed by atoms with Crippen molar-refractivity contribution in [3.8, 4) is 0 Å². The lowest BCUT2D eigenvalue weighted by Gasteiger charge is -2.10. The van der Waals surface area contributed by atoms with Crippen LogP contribution < -0.4 is 0 Å². The van der Waals surface area contributed by atoms with Gasteiger partial charge in [-0.1, -0.05) is 100.0 Å². The second-order valence-electron chi connectivity index (χ2n) is 5.14. The minimum atomic E-state index is 1.31. The van der Waals surface area contributed by atoms with Crippen LogP contribution in [0, 0.1) is 6.92 Å². The standard InChI is InChI=1S/C19H14.2C2H6/c1-13-10-11-18-16-8-3-2-6-14(16)15-7-4-5-9-17(15)19(18)12-13;2*1-2/h2-12H,1H3;2*1-2H3. The highest BCUT2D eigenvalue weighted by Gasteiger charge is 2.07. The molecule has 0 aliphatic carbocycles. The normalized spacial score (nSPS) is 9.96. The van der Waals surface area contributed by atoms with Crippen molar-refractivity contribution in [2.75, 3.05) is 0 Å². The molecule has 0 atom stereocenters. The molecule has 0 saturated heterocycles. The molecule has 23 heavy (non-hydrogen) atoms. The second-order valence-corrected chi connectivity index (χ2v) is 5.14. The first kappa shape index (κ1) is 17.0. The van der Waals surface area contributed by atoms with Gasteiger partial charge in [0.25, 0.3) is 0 Å². The molecule has 0 amide bonds. The summed E-state index contributed by atoms with van der Waals surface area (Å²) in [6.07, 6.45) is 0. The van der Waals surface area contributed by atoms with Crippen LogP contribution in [-0.2, 0) is 0 Å². The van der Waals surface area contributed by atoms with Crippen LogP contribution in [0.25, 0.3) is 32.3 Å². The lowest BCUT2D eigenvalue weighted by Crippen LogP contribution is -1.83. The largest absolute Gasteiger partial charge is 0.0683 e. The molecule has 0 heterocycles. The summed E-state index contributed by atoms with van der Waals surface area (Å²) in [5, 5.41) is 8.08. The molecule has 4 aromatic rings. The molecule has 0 aliphatic heterocycles. The van der Waals surface area contributed by atoms with Crippen LogP contribution in [-0.4, -0.2) is 0 Å². The summed E-state index contributed by atoms with van der Waals surface area (Å²) in [6, 6.07) is 24.1. The van der Waals surface area contributed by atoms with Gasteiger partial charge < -0.3 is 0 Å². The molecule has 0 unspecified atom stereocenters. The zero-order valence-electron chi connectivity index (χ0n) is 14.9. The maximum atomic E-state index is 2.30. The Bertz CT molecular complexity index is 881. The monoisotopic (exact) mass is 302 g/mol. The zero-order chi connectivity index (χ0) is 16.8.